The Kier molecular flexibility index (Phi) is 3.13. The van der Waals surface area contributed by atoms with Crippen LogP contribution in [0.3, 0.4) is 0 Å². The van der Waals surface area contributed by atoms with E-state index < -0.39 is 23.3 Å². The minimum absolute atomic E-state index is 0.367. The normalized spacial score (nSPS) is 33.1. The van der Waals surface area contributed by atoms with E-state index in [-0.39, 0.29) is 5.41 Å². The summed E-state index contributed by atoms with van der Waals surface area (Å²) in [5.41, 5.74) is -0.792. The maximum absolute atomic E-state index is 11.1. The quantitative estimate of drug-likeness (QED) is 0.723. The summed E-state index contributed by atoms with van der Waals surface area (Å²) in [5.74, 6) is -2.19. The number of allylic oxidation sites excluding steroid dienone is 1. The lowest BCUT2D eigenvalue weighted by atomic mass is 9.65. The Morgan fingerprint density at radius 1 is 1.25 bits per heavy atom. The standard InChI is InChI=1S/C12H18O4/c1-11(2)8(10(15)16)4-6-12(11,3)7-5-9(13)14/h5,7-8H,4,6H2,1-3H3,(H,13,14)(H,15,16)/b7-5+/t8-,12-/m0/s1. The van der Waals surface area contributed by atoms with Gasteiger partial charge in [-0.15, -0.1) is 0 Å². The molecule has 0 aromatic carbocycles. The largest absolute Gasteiger partial charge is 0.481 e. The summed E-state index contributed by atoms with van der Waals surface area (Å²) in [6.07, 6.45) is 4.06. The first-order valence-corrected chi connectivity index (χ1v) is 5.36. The van der Waals surface area contributed by atoms with E-state index in [4.69, 9.17) is 10.2 Å². The van der Waals surface area contributed by atoms with Gasteiger partial charge in [0.25, 0.3) is 0 Å². The summed E-state index contributed by atoms with van der Waals surface area (Å²) in [6.45, 7) is 5.71. The summed E-state index contributed by atoms with van der Waals surface area (Å²) in [5, 5.41) is 17.7. The van der Waals surface area contributed by atoms with Crippen LogP contribution in [-0.2, 0) is 9.59 Å². The summed E-state index contributed by atoms with van der Waals surface area (Å²) in [6, 6.07) is 0. The van der Waals surface area contributed by atoms with Crippen molar-refractivity contribution >= 4 is 11.9 Å². The smallest absolute Gasteiger partial charge is 0.327 e. The van der Waals surface area contributed by atoms with Gasteiger partial charge >= 0.3 is 11.9 Å². The molecule has 1 fully saturated rings. The fourth-order valence-corrected chi connectivity index (χ4v) is 2.51. The van der Waals surface area contributed by atoms with Crippen LogP contribution < -0.4 is 0 Å². The van der Waals surface area contributed by atoms with Gasteiger partial charge < -0.3 is 10.2 Å². The van der Waals surface area contributed by atoms with Crippen molar-refractivity contribution in [2.75, 3.05) is 0 Å². The van der Waals surface area contributed by atoms with Crippen LogP contribution >= 0.6 is 0 Å². The molecule has 0 aromatic heterocycles. The predicted octanol–water partition coefficient (Wildman–Crippen LogP) is 2.15. The summed E-state index contributed by atoms with van der Waals surface area (Å²) >= 11 is 0. The minimum atomic E-state index is -0.990. The molecule has 0 aliphatic heterocycles. The third-order valence-corrected chi connectivity index (χ3v) is 4.19. The highest BCUT2D eigenvalue weighted by Crippen LogP contribution is 2.56. The molecule has 1 saturated carbocycles. The predicted molar refractivity (Wildman–Crippen MR) is 59.0 cm³/mol. The van der Waals surface area contributed by atoms with Crippen LogP contribution in [0.25, 0.3) is 0 Å². The monoisotopic (exact) mass is 226 g/mol. The zero-order valence-corrected chi connectivity index (χ0v) is 9.86. The van der Waals surface area contributed by atoms with E-state index in [1.807, 2.05) is 20.8 Å². The summed E-state index contributed by atoms with van der Waals surface area (Å²) in [7, 11) is 0. The molecule has 0 radical (unpaired) electrons. The first-order valence-electron chi connectivity index (χ1n) is 5.36. The van der Waals surface area contributed by atoms with E-state index in [1.165, 1.54) is 0 Å². The van der Waals surface area contributed by atoms with Gasteiger partial charge in [0.05, 0.1) is 5.92 Å². The van der Waals surface area contributed by atoms with E-state index in [0.29, 0.717) is 12.8 Å². The van der Waals surface area contributed by atoms with Gasteiger partial charge in [0.15, 0.2) is 0 Å². The van der Waals surface area contributed by atoms with Gasteiger partial charge in [0.1, 0.15) is 0 Å². The molecule has 16 heavy (non-hydrogen) atoms. The second kappa shape index (κ2) is 3.92. The highest BCUT2D eigenvalue weighted by Gasteiger charge is 2.52. The van der Waals surface area contributed by atoms with Crippen LogP contribution in [0.1, 0.15) is 33.6 Å². The van der Waals surface area contributed by atoms with E-state index in [0.717, 1.165) is 6.08 Å². The molecule has 0 amide bonds. The Labute approximate surface area is 95.0 Å². The number of carboxylic acids is 2. The number of hydrogen-bond donors (Lipinski definition) is 2. The fourth-order valence-electron chi connectivity index (χ4n) is 2.51. The van der Waals surface area contributed by atoms with Gasteiger partial charge in [-0.05, 0) is 23.7 Å². The highest BCUT2D eigenvalue weighted by molar-refractivity contribution is 5.80. The van der Waals surface area contributed by atoms with Crippen molar-refractivity contribution in [2.24, 2.45) is 16.7 Å². The number of aliphatic carboxylic acids is 2. The van der Waals surface area contributed by atoms with Crippen molar-refractivity contribution in [3.05, 3.63) is 12.2 Å². The molecule has 90 valence electrons. The highest BCUT2D eigenvalue weighted by atomic mass is 16.4. The molecule has 0 aromatic rings. The molecular formula is C12H18O4. The maximum atomic E-state index is 11.1. The molecule has 2 atom stereocenters. The molecule has 1 aliphatic carbocycles. The molecule has 0 spiro atoms. The van der Waals surface area contributed by atoms with E-state index >= 15 is 0 Å². The SMILES string of the molecule is CC1(C)[C@H](C(=O)O)CC[C@@]1(C)/C=C/C(=O)O. The first-order chi connectivity index (χ1) is 7.21. The molecule has 1 rings (SSSR count). The van der Waals surface area contributed by atoms with E-state index in [9.17, 15) is 9.59 Å². The molecule has 4 nitrogen and oxygen atoms in total. The lowest BCUT2D eigenvalue weighted by molar-refractivity contribution is -0.145. The van der Waals surface area contributed by atoms with Gasteiger partial charge in [0, 0.05) is 6.08 Å². The maximum Gasteiger partial charge on any atom is 0.327 e. The van der Waals surface area contributed by atoms with Crippen LogP contribution in [0.5, 0.6) is 0 Å². The van der Waals surface area contributed by atoms with E-state index in [2.05, 4.69) is 0 Å². The Morgan fingerprint density at radius 2 is 1.81 bits per heavy atom. The molecule has 0 bridgehead atoms. The summed E-state index contributed by atoms with van der Waals surface area (Å²) in [4.78, 5) is 21.6. The van der Waals surface area contributed by atoms with Crippen LogP contribution in [0.2, 0.25) is 0 Å². The van der Waals surface area contributed by atoms with Gasteiger partial charge in [0.2, 0.25) is 0 Å². The summed E-state index contributed by atoms with van der Waals surface area (Å²) < 4.78 is 0. The fraction of sp³-hybridized carbons (Fsp3) is 0.667. The molecule has 0 saturated heterocycles. The topological polar surface area (TPSA) is 74.6 Å². The van der Waals surface area contributed by atoms with E-state index in [1.54, 1.807) is 6.08 Å². The zero-order chi connectivity index (χ0) is 12.6. The van der Waals surface area contributed by atoms with Crippen molar-refractivity contribution in [3.63, 3.8) is 0 Å². The molecular weight excluding hydrogens is 208 g/mol. The Morgan fingerprint density at radius 3 is 2.19 bits per heavy atom. The second-order valence-electron chi connectivity index (χ2n) is 5.24. The Bertz CT molecular complexity index is 343. The van der Waals surface area contributed by atoms with Crippen LogP contribution in [0.4, 0.5) is 0 Å². The Balaban J connectivity index is 3.00. The van der Waals surface area contributed by atoms with Crippen molar-refractivity contribution in [2.45, 2.75) is 33.6 Å². The van der Waals surface area contributed by atoms with Crippen LogP contribution in [0.15, 0.2) is 12.2 Å². The van der Waals surface area contributed by atoms with Crippen molar-refractivity contribution < 1.29 is 19.8 Å². The van der Waals surface area contributed by atoms with Crippen LogP contribution in [0, 0.1) is 16.7 Å². The number of carbonyl (C=O) groups is 2. The van der Waals surface area contributed by atoms with Gasteiger partial charge in [-0.1, -0.05) is 26.8 Å². The van der Waals surface area contributed by atoms with Crippen molar-refractivity contribution in [1.82, 2.24) is 0 Å². The molecule has 1 aliphatic rings. The Hall–Kier alpha value is -1.32. The number of carboxylic acid groups (broad SMARTS) is 2. The van der Waals surface area contributed by atoms with Crippen molar-refractivity contribution in [3.8, 4) is 0 Å². The minimum Gasteiger partial charge on any atom is -0.481 e. The lowest BCUT2D eigenvalue weighted by Gasteiger charge is -2.38. The van der Waals surface area contributed by atoms with Gasteiger partial charge in [-0.25, -0.2) is 4.79 Å². The second-order valence-corrected chi connectivity index (χ2v) is 5.24. The van der Waals surface area contributed by atoms with Gasteiger partial charge in [-0.2, -0.15) is 0 Å². The molecule has 2 N–H and O–H groups in total. The average Bonchev–Trinajstić information content (AvgIpc) is 2.36. The third kappa shape index (κ3) is 1.96. The average molecular weight is 226 g/mol. The lowest BCUT2D eigenvalue weighted by Crippen LogP contribution is -2.36. The molecule has 0 unspecified atom stereocenters. The number of rotatable bonds is 3. The number of hydrogen-bond acceptors (Lipinski definition) is 2. The molecule has 0 heterocycles. The molecule has 4 heteroatoms. The van der Waals surface area contributed by atoms with Crippen LogP contribution in [-0.4, -0.2) is 22.2 Å². The zero-order valence-electron chi connectivity index (χ0n) is 9.86. The first kappa shape index (κ1) is 12.7. The third-order valence-electron chi connectivity index (χ3n) is 4.19. The van der Waals surface area contributed by atoms with Gasteiger partial charge in [-0.3, -0.25) is 4.79 Å². The van der Waals surface area contributed by atoms with Crippen molar-refractivity contribution in [1.29, 1.82) is 0 Å².